The van der Waals surface area contributed by atoms with Crippen LogP contribution in [0.2, 0.25) is 0 Å². The highest BCUT2D eigenvalue weighted by Gasteiger charge is 2.35. The van der Waals surface area contributed by atoms with E-state index < -0.39 is 0 Å². The van der Waals surface area contributed by atoms with Gasteiger partial charge in [0, 0.05) is 44.0 Å². The molecule has 8 heteroatoms. The molecular formula is C22H23N3O4S. The van der Waals surface area contributed by atoms with Gasteiger partial charge in [-0.1, -0.05) is 18.2 Å². The van der Waals surface area contributed by atoms with Gasteiger partial charge >= 0.3 is 0 Å². The van der Waals surface area contributed by atoms with Crippen LogP contribution in [0, 0.1) is 0 Å². The van der Waals surface area contributed by atoms with Crippen molar-refractivity contribution in [1.82, 2.24) is 14.7 Å². The van der Waals surface area contributed by atoms with Gasteiger partial charge < -0.3 is 9.80 Å². The minimum absolute atomic E-state index is 0.0721. The van der Waals surface area contributed by atoms with Gasteiger partial charge in [-0.2, -0.15) is 0 Å². The lowest BCUT2D eigenvalue weighted by Crippen LogP contribution is -2.39. The first-order valence-corrected chi connectivity index (χ1v) is 11.0. The van der Waals surface area contributed by atoms with Gasteiger partial charge in [-0.3, -0.25) is 24.1 Å². The first kappa shape index (κ1) is 20.3. The molecule has 4 amide bonds. The van der Waals surface area contributed by atoms with Crippen LogP contribution in [0.25, 0.3) is 0 Å². The number of carbonyl (C=O) groups excluding carboxylic acids is 4. The van der Waals surface area contributed by atoms with Crippen molar-refractivity contribution in [1.29, 1.82) is 0 Å². The second-order valence-electron chi connectivity index (χ2n) is 7.43. The number of fused-ring (bicyclic) bond motifs is 1. The highest BCUT2D eigenvalue weighted by Crippen LogP contribution is 2.22. The molecule has 1 saturated heterocycles. The maximum absolute atomic E-state index is 12.7. The summed E-state index contributed by atoms with van der Waals surface area (Å²) in [4.78, 5) is 55.8. The molecule has 0 atom stereocenters. The number of carbonyl (C=O) groups is 4. The normalized spacial score (nSPS) is 16.6. The first-order valence-electron chi connectivity index (χ1n) is 10.1. The molecule has 0 radical (unpaired) electrons. The van der Waals surface area contributed by atoms with Crippen molar-refractivity contribution in [2.24, 2.45) is 0 Å². The molecule has 0 aliphatic carbocycles. The molecule has 156 valence electrons. The zero-order chi connectivity index (χ0) is 21.1. The molecule has 30 heavy (non-hydrogen) atoms. The van der Waals surface area contributed by atoms with E-state index in [0.29, 0.717) is 43.7 Å². The van der Waals surface area contributed by atoms with Gasteiger partial charge in [0.2, 0.25) is 11.8 Å². The van der Waals surface area contributed by atoms with Crippen molar-refractivity contribution in [3.8, 4) is 0 Å². The summed E-state index contributed by atoms with van der Waals surface area (Å²) in [6, 6.07) is 10.6. The Balaban J connectivity index is 1.29. The third kappa shape index (κ3) is 4.14. The number of imide groups is 1. The third-order valence-corrected chi connectivity index (χ3v) is 6.41. The summed E-state index contributed by atoms with van der Waals surface area (Å²) in [6.07, 6.45) is 1.20. The van der Waals surface area contributed by atoms with Crippen molar-refractivity contribution in [2.75, 3.05) is 32.7 Å². The number of thiophene rings is 1. The van der Waals surface area contributed by atoms with Crippen LogP contribution in [0.4, 0.5) is 0 Å². The predicted octanol–water partition coefficient (Wildman–Crippen LogP) is 2.04. The van der Waals surface area contributed by atoms with Gasteiger partial charge in [0.1, 0.15) is 0 Å². The molecule has 7 nitrogen and oxygen atoms in total. The Hall–Kier alpha value is -3.00. The first-order chi connectivity index (χ1) is 14.5. The van der Waals surface area contributed by atoms with Crippen LogP contribution >= 0.6 is 11.3 Å². The summed E-state index contributed by atoms with van der Waals surface area (Å²) in [6.45, 7) is 2.25. The lowest BCUT2D eigenvalue weighted by Gasteiger charge is -2.23. The Kier molecular flexibility index (Phi) is 5.94. The van der Waals surface area contributed by atoms with E-state index in [1.807, 2.05) is 22.4 Å². The van der Waals surface area contributed by atoms with Crippen LogP contribution in [0.5, 0.6) is 0 Å². The molecule has 2 aliphatic rings. The van der Waals surface area contributed by atoms with Gasteiger partial charge in [-0.25, -0.2) is 0 Å². The molecule has 4 rings (SSSR count). The quantitative estimate of drug-likeness (QED) is 0.687. The van der Waals surface area contributed by atoms with Gasteiger partial charge in [-0.05, 0) is 30.0 Å². The zero-order valence-corrected chi connectivity index (χ0v) is 17.4. The van der Waals surface area contributed by atoms with E-state index in [4.69, 9.17) is 0 Å². The fraction of sp³-hybridized carbons (Fsp3) is 0.364. The monoisotopic (exact) mass is 425 g/mol. The minimum atomic E-state index is -0.343. The molecule has 2 aromatic rings. The number of rotatable bonds is 5. The van der Waals surface area contributed by atoms with Crippen molar-refractivity contribution in [3.63, 3.8) is 0 Å². The maximum Gasteiger partial charge on any atom is 0.261 e. The largest absolute Gasteiger partial charge is 0.341 e. The van der Waals surface area contributed by atoms with E-state index in [9.17, 15) is 19.2 Å². The Morgan fingerprint density at radius 2 is 1.47 bits per heavy atom. The average Bonchev–Trinajstić information content (AvgIpc) is 3.24. The van der Waals surface area contributed by atoms with Gasteiger partial charge in [0.15, 0.2) is 0 Å². The number of benzene rings is 1. The summed E-state index contributed by atoms with van der Waals surface area (Å²) >= 11 is 1.57. The molecule has 0 N–H and O–H groups in total. The highest BCUT2D eigenvalue weighted by molar-refractivity contribution is 7.10. The van der Waals surface area contributed by atoms with E-state index in [1.54, 1.807) is 40.5 Å². The van der Waals surface area contributed by atoms with Crippen LogP contribution in [-0.2, 0) is 16.0 Å². The average molecular weight is 426 g/mol. The van der Waals surface area contributed by atoms with E-state index in [1.165, 1.54) is 0 Å². The number of hydrogen-bond donors (Lipinski definition) is 0. The van der Waals surface area contributed by atoms with Crippen LogP contribution in [0.3, 0.4) is 0 Å². The summed E-state index contributed by atoms with van der Waals surface area (Å²) in [5.74, 6) is -0.703. The van der Waals surface area contributed by atoms with Crippen molar-refractivity contribution >= 4 is 35.0 Å². The molecule has 2 aliphatic heterocycles. The summed E-state index contributed by atoms with van der Waals surface area (Å²) < 4.78 is 0. The Morgan fingerprint density at radius 1 is 0.833 bits per heavy atom. The number of nitrogens with zero attached hydrogens (tertiary/aromatic N) is 3. The fourth-order valence-electron chi connectivity index (χ4n) is 3.90. The molecule has 1 aromatic carbocycles. The standard InChI is InChI=1S/C22H23N3O4S/c26-19(8-11-25-21(28)17-6-1-2-7-18(17)22(25)29)23-9-4-10-24(13-12-23)20(27)15-16-5-3-14-30-16/h1-3,5-7,14H,4,8-13,15H2. The van der Waals surface area contributed by atoms with Crippen LogP contribution < -0.4 is 0 Å². The third-order valence-electron chi connectivity index (χ3n) is 5.53. The number of amides is 4. The van der Waals surface area contributed by atoms with E-state index in [2.05, 4.69) is 0 Å². The zero-order valence-electron chi connectivity index (χ0n) is 16.6. The second-order valence-corrected chi connectivity index (χ2v) is 8.46. The van der Waals surface area contributed by atoms with Crippen LogP contribution in [0.15, 0.2) is 41.8 Å². The Labute approximate surface area is 178 Å². The molecule has 0 saturated carbocycles. The summed E-state index contributed by atoms with van der Waals surface area (Å²) in [5.41, 5.74) is 0.786. The second kappa shape index (κ2) is 8.79. The van der Waals surface area contributed by atoms with Crippen LogP contribution in [-0.4, -0.2) is 71.1 Å². The molecule has 1 aromatic heterocycles. The molecule has 0 bridgehead atoms. The fourth-order valence-corrected chi connectivity index (χ4v) is 4.59. The smallest absolute Gasteiger partial charge is 0.261 e. The lowest BCUT2D eigenvalue weighted by atomic mass is 10.1. The van der Waals surface area contributed by atoms with Gasteiger partial charge in [0.25, 0.3) is 11.8 Å². The lowest BCUT2D eigenvalue weighted by molar-refractivity contribution is -0.133. The number of hydrogen-bond acceptors (Lipinski definition) is 5. The molecule has 0 unspecified atom stereocenters. The molecule has 3 heterocycles. The summed E-state index contributed by atoms with van der Waals surface area (Å²) in [7, 11) is 0. The Bertz CT molecular complexity index is 938. The van der Waals surface area contributed by atoms with Crippen molar-refractivity contribution in [2.45, 2.75) is 19.3 Å². The van der Waals surface area contributed by atoms with E-state index in [0.717, 1.165) is 16.2 Å². The maximum atomic E-state index is 12.7. The predicted molar refractivity (Wildman–Crippen MR) is 112 cm³/mol. The van der Waals surface area contributed by atoms with Gasteiger partial charge in [0.05, 0.1) is 17.5 Å². The molecular weight excluding hydrogens is 402 g/mol. The van der Waals surface area contributed by atoms with Crippen molar-refractivity contribution in [3.05, 3.63) is 57.8 Å². The molecule has 1 fully saturated rings. The molecule has 0 spiro atoms. The highest BCUT2D eigenvalue weighted by atomic mass is 32.1. The summed E-state index contributed by atoms with van der Waals surface area (Å²) in [5, 5.41) is 1.96. The van der Waals surface area contributed by atoms with Crippen LogP contribution in [0.1, 0.15) is 38.4 Å². The van der Waals surface area contributed by atoms with Crippen molar-refractivity contribution < 1.29 is 19.2 Å². The van der Waals surface area contributed by atoms with E-state index >= 15 is 0 Å². The minimum Gasteiger partial charge on any atom is -0.341 e. The van der Waals surface area contributed by atoms with E-state index in [-0.39, 0.29) is 36.6 Å². The SMILES string of the molecule is O=C(CCN1C(=O)c2ccccc2C1=O)N1CCCN(C(=O)Cc2cccs2)CC1. The topological polar surface area (TPSA) is 78.0 Å². The Morgan fingerprint density at radius 3 is 2.07 bits per heavy atom. The van der Waals surface area contributed by atoms with Gasteiger partial charge in [-0.15, -0.1) is 11.3 Å².